The molecule has 0 atom stereocenters. The fourth-order valence-electron chi connectivity index (χ4n) is 8.87. The second-order valence-electron chi connectivity index (χ2n) is 14.6. The molecule has 3 heteroatoms. The average molecular weight is 664 g/mol. The minimum Gasteiger partial charge on any atom is -0.309 e. The fourth-order valence-corrected chi connectivity index (χ4v) is 8.87. The van der Waals surface area contributed by atoms with Gasteiger partial charge in [0.1, 0.15) is 0 Å². The SMILES string of the molecule is CC1(C)c2ccc(-c3nc4ccccc4nc3-c3ccccc3)cc2-c2cc(-n3c4ccc5ccccc5c4c4c5ccccc5ccc43)ccc21. The maximum Gasteiger partial charge on any atom is 0.0973 e. The van der Waals surface area contributed by atoms with E-state index in [0.29, 0.717) is 0 Å². The van der Waals surface area contributed by atoms with Crippen LogP contribution in [0.15, 0.2) is 164 Å². The molecule has 3 nitrogen and oxygen atoms in total. The molecule has 52 heavy (non-hydrogen) atoms. The minimum absolute atomic E-state index is 0.147. The number of benzene rings is 8. The van der Waals surface area contributed by atoms with Gasteiger partial charge in [-0.2, -0.15) is 0 Å². The van der Waals surface area contributed by atoms with Crippen LogP contribution in [0.1, 0.15) is 25.0 Å². The van der Waals surface area contributed by atoms with E-state index in [4.69, 9.17) is 9.97 Å². The zero-order valence-electron chi connectivity index (χ0n) is 28.9. The van der Waals surface area contributed by atoms with E-state index < -0.39 is 0 Å². The van der Waals surface area contributed by atoms with Crippen molar-refractivity contribution in [2.45, 2.75) is 19.3 Å². The van der Waals surface area contributed by atoms with Crippen molar-refractivity contribution in [3.63, 3.8) is 0 Å². The highest BCUT2D eigenvalue weighted by molar-refractivity contribution is 6.28. The normalized spacial score (nSPS) is 13.3. The predicted octanol–water partition coefficient (Wildman–Crippen LogP) is 12.7. The molecule has 0 fully saturated rings. The third kappa shape index (κ3) is 4.08. The topological polar surface area (TPSA) is 30.7 Å². The van der Waals surface area contributed by atoms with Gasteiger partial charge in [0.25, 0.3) is 0 Å². The average Bonchev–Trinajstić information content (AvgIpc) is 3.66. The van der Waals surface area contributed by atoms with Crippen LogP contribution in [0.25, 0.3) is 93.7 Å². The number of hydrogen-bond acceptors (Lipinski definition) is 2. The fraction of sp³-hybridized carbons (Fsp3) is 0.0612. The van der Waals surface area contributed by atoms with Crippen LogP contribution in [0.5, 0.6) is 0 Å². The van der Waals surface area contributed by atoms with Crippen molar-refractivity contribution in [2.24, 2.45) is 0 Å². The van der Waals surface area contributed by atoms with Gasteiger partial charge in [-0.15, -0.1) is 0 Å². The van der Waals surface area contributed by atoms with Gasteiger partial charge in [-0.1, -0.05) is 135 Å². The first-order valence-electron chi connectivity index (χ1n) is 18.0. The quantitative estimate of drug-likeness (QED) is 0.188. The molecule has 2 aromatic heterocycles. The molecule has 0 radical (unpaired) electrons. The highest BCUT2D eigenvalue weighted by atomic mass is 15.0. The van der Waals surface area contributed by atoms with E-state index >= 15 is 0 Å². The van der Waals surface area contributed by atoms with Crippen LogP contribution in [0.3, 0.4) is 0 Å². The second-order valence-corrected chi connectivity index (χ2v) is 14.6. The Morgan fingerprint density at radius 3 is 1.60 bits per heavy atom. The number of aromatic nitrogens is 3. The standard InChI is InChI=1S/C49H33N3/c1-49(2)39-24-20-33(48-47(32-14-4-3-5-15-32)50-41-18-10-11-19-42(41)51-48)28-37(39)38-29-34(23-25-40(38)49)52-43-26-21-30-12-6-8-16-35(30)45(43)46-36-17-9-7-13-31(36)22-27-44(46)52/h3-29H,1-2H3. The predicted molar refractivity (Wildman–Crippen MR) is 217 cm³/mol. The first kappa shape index (κ1) is 29.2. The van der Waals surface area contributed by atoms with Crippen LogP contribution >= 0.6 is 0 Å². The highest BCUT2D eigenvalue weighted by Crippen LogP contribution is 2.51. The molecule has 2 heterocycles. The van der Waals surface area contributed by atoms with Crippen LogP contribution in [-0.2, 0) is 5.41 Å². The lowest BCUT2D eigenvalue weighted by Gasteiger charge is -2.22. The Morgan fingerprint density at radius 1 is 0.442 bits per heavy atom. The van der Waals surface area contributed by atoms with Crippen molar-refractivity contribution in [1.29, 1.82) is 0 Å². The zero-order chi connectivity index (χ0) is 34.6. The molecule has 11 rings (SSSR count). The van der Waals surface area contributed by atoms with Crippen LogP contribution in [0.2, 0.25) is 0 Å². The molecule has 0 bridgehead atoms. The van der Waals surface area contributed by atoms with E-state index in [1.54, 1.807) is 0 Å². The van der Waals surface area contributed by atoms with Crippen molar-refractivity contribution in [3.05, 3.63) is 175 Å². The Morgan fingerprint density at radius 2 is 0.962 bits per heavy atom. The van der Waals surface area contributed by atoms with Crippen molar-refractivity contribution >= 4 is 54.4 Å². The van der Waals surface area contributed by atoms with Gasteiger partial charge >= 0.3 is 0 Å². The first-order chi connectivity index (χ1) is 25.5. The lowest BCUT2D eigenvalue weighted by atomic mass is 9.82. The molecule has 0 saturated heterocycles. The van der Waals surface area contributed by atoms with Gasteiger partial charge in [0.2, 0.25) is 0 Å². The molecular weight excluding hydrogens is 631 g/mol. The molecule has 0 spiro atoms. The minimum atomic E-state index is -0.147. The molecule has 0 unspecified atom stereocenters. The molecule has 8 aromatic carbocycles. The Hall–Kier alpha value is -6.58. The second kappa shape index (κ2) is 10.7. The third-order valence-electron chi connectivity index (χ3n) is 11.4. The van der Waals surface area contributed by atoms with Gasteiger partial charge in [0.15, 0.2) is 0 Å². The largest absolute Gasteiger partial charge is 0.309 e. The Labute approximate surface area is 301 Å². The summed E-state index contributed by atoms with van der Waals surface area (Å²) in [6, 6.07) is 59.3. The summed E-state index contributed by atoms with van der Waals surface area (Å²) >= 11 is 0. The Kier molecular flexibility index (Phi) is 6.01. The third-order valence-corrected chi connectivity index (χ3v) is 11.4. The molecule has 244 valence electrons. The van der Waals surface area contributed by atoms with E-state index in [9.17, 15) is 0 Å². The van der Waals surface area contributed by atoms with Crippen LogP contribution in [0, 0.1) is 0 Å². The van der Waals surface area contributed by atoms with E-state index in [0.717, 1.165) is 39.2 Å². The maximum absolute atomic E-state index is 5.25. The molecule has 1 aliphatic carbocycles. The number of para-hydroxylation sites is 2. The van der Waals surface area contributed by atoms with Gasteiger partial charge in [0, 0.05) is 33.0 Å². The summed E-state index contributed by atoms with van der Waals surface area (Å²) in [5.74, 6) is 0. The Bertz CT molecular complexity index is 3000. The molecule has 0 amide bonds. The van der Waals surface area contributed by atoms with Gasteiger partial charge in [0.05, 0.1) is 33.5 Å². The lowest BCUT2D eigenvalue weighted by molar-refractivity contribution is 0.660. The number of nitrogens with zero attached hydrogens (tertiary/aromatic N) is 3. The van der Waals surface area contributed by atoms with Crippen LogP contribution in [-0.4, -0.2) is 14.5 Å². The van der Waals surface area contributed by atoms with Gasteiger partial charge in [-0.3, -0.25) is 0 Å². The summed E-state index contributed by atoms with van der Waals surface area (Å²) in [6.07, 6.45) is 0. The summed E-state index contributed by atoms with van der Waals surface area (Å²) in [7, 11) is 0. The summed E-state index contributed by atoms with van der Waals surface area (Å²) in [5, 5.41) is 7.68. The maximum atomic E-state index is 5.25. The van der Waals surface area contributed by atoms with Crippen LogP contribution < -0.4 is 0 Å². The van der Waals surface area contributed by atoms with Gasteiger partial charge in [-0.05, 0) is 86.3 Å². The first-order valence-corrected chi connectivity index (χ1v) is 18.0. The molecule has 0 aliphatic heterocycles. The van der Waals surface area contributed by atoms with Gasteiger partial charge < -0.3 is 4.57 Å². The van der Waals surface area contributed by atoms with E-state index in [2.05, 4.69) is 158 Å². The zero-order valence-corrected chi connectivity index (χ0v) is 28.9. The van der Waals surface area contributed by atoms with Crippen molar-refractivity contribution in [1.82, 2.24) is 14.5 Å². The number of rotatable bonds is 3. The summed E-state index contributed by atoms with van der Waals surface area (Å²) in [4.78, 5) is 10.4. The molecular formula is C49H33N3. The van der Waals surface area contributed by atoms with E-state index in [-0.39, 0.29) is 5.41 Å². The van der Waals surface area contributed by atoms with Crippen LogP contribution in [0.4, 0.5) is 0 Å². The van der Waals surface area contributed by atoms with Crippen molar-refractivity contribution < 1.29 is 0 Å². The smallest absolute Gasteiger partial charge is 0.0973 e. The molecule has 0 saturated carbocycles. The van der Waals surface area contributed by atoms with Crippen molar-refractivity contribution in [2.75, 3.05) is 0 Å². The lowest BCUT2D eigenvalue weighted by Crippen LogP contribution is -2.15. The summed E-state index contributed by atoms with van der Waals surface area (Å²) in [5.41, 5.74) is 14.4. The molecule has 10 aromatic rings. The molecule has 0 N–H and O–H groups in total. The highest BCUT2D eigenvalue weighted by Gasteiger charge is 2.36. The van der Waals surface area contributed by atoms with E-state index in [1.165, 1.54) is 65.6 Å². The van der Waals surface area contributed by atoms with E-state index in [1.807, 2.05) is 24.3 Å². The summed E-state index contributed by atoms with van der Waals surface area (Å²) < 4.78 is 2.47. The molecule has 1 aliphatic rings. The Balaban J connectivity index is 1.16. The number of hydrogen-bond donors (Lipinski definition) is 0. The number of fused-ring (bicyclic) bond motifs is 11. The van der Waals surface area contributed by atoms with Gasteiger partial charge in [-0.25, -0.2) is 9.97 Å². The summed E-state index contributed by atoms with van der Waals surface area (Å²) in [6.45, 7) is 4.70. The monoisotopic (exact) mass is 663 g/mol. The van der Waals surface area contributed by atoms with Crippen molar-refractivity contribution in [3.8, 4) is 39.3 Å².